The summed E-state index contributed by atoms with van der Waals surface area (Å²) in [7, 11) is 0. The van der Waals surface area contributed by atoms with Gasteiger partial charge in [-0.1, -0.05) is 54.1 Å². The van der Waals surface area contributed by atoms with E-state index in [1.807, 2.05) is 42.6 Å². The minimum Gasteiger partial charge on any atom is -0.373 e. The molecular formula is C22H22ClN3O. The fraction of sp³-hybridized carbons (Fsp3) is 0.227. The predicted molar refractivity (Wildman–Crippen MR) is 110 cm³/mol. The molecule has 5 heteroatoms. The van der Waals surface area contributed by atoms with Gasteiger partial charge in [0.25, 0.3) is 0 Å². The Morgan fingerprint density at radius 2 is 1.85 bits per heavy atom. The van der Waals surface area contributed by atoms with E-state index in [0.717, 1.165) is 35.1 Å². The summed E-state index contributed by atoms with van der Waals surface area (Å²) in [6, 6.07) is 22.2. The van der Waals surface area contributed by atoms with Crippen LogP contribution in [0.5, 0.6) is 0 Å². The zero-order chi connectivity index (χ0) is 18.5. The van der Waals surface area contributed by atoms with Crippen LogP contribution >= 0.6 is 11.6 Å². The maximum Gasteiger partial charge on any atom is 0.134 e. The van der Waals surface area contributed by atoms with Crippen molar-refractivity contribution in [3.63, 3.8) is 0 Å². The standard InChI is InChI=1S/C22H22ClN3O/c23-18-10-8-16(9-11-18)19-7-4-12-25-22(19)26-21(17-5-2-1-3-6-17)20-15-24-13-14-27-20/h1-12,20-21,24H,13-15H2,(H,25,26). The molecule has 138 valence electrons. The average molecular weight is 380 g/mol. The van der Waals surface area contributed by atoms with Gasteiger partial charge in [-0.3, -0.25) is 0 Å². The number of nitrogens with one attached hydrogen (secondary N) is 2. The van der Waals surface area contributed by atoms with E-state index in [0.29, 0.717) is 6.61 Å². The predicted octanol–water partition coefficient (Wildman–Crippen LogP) is 4.54. The van der Waals surface area contributed by atoms with E-state index in [1.165, 1.54) is 5.56 Å². The smallest absolute Gasteiger partial charge is 0.134 e. The third kappa shape index (κ3) is 4.30. The number of pyridine rings is 1. The number of ether oxygens (including phenoxy) is 1. The lowest BCUT2D eigenvalue weighted by Gasteiger charge is -2.32. The molecule has 2 unspecified atom stereocenters. The number of benzene rings is 2. The van der Waals surface area contributed by atoms with Gasteiger partial charge in [0, 0.05) is 29.9 Å². The van der Waals surface area contributed by atoms with Crippen LogP contribution in [0.4, 0.5) is 5.82 Å². The van der Waals surface area contributed by atoms with Crippen molar-refractivity contribution in [2.45, 2.75) is 12.1 Å². The lowest BCUT2D eigenvalue weighted by atomic mass is 9.99. The molecule has 2 N–H and O–H groups in total. The molecule has 0 bridgehead atoms. The van der Waals surface area contributed by atoms with Gasteiger partial charge in [0.1, 0.15) is 5.82 Å². The third-order valence-electron chi connectivity index (χ3n) is 4.74. The van der Waals surface area contributed by atoms with Crippen LogP contribution in [0.15, 0.2) is 72.9 Å². The maximum atomic E-state index is 6.06. The van der Waals surface area contributed by atoms with E-state index < -0.39 is 0 Å². The van der Waals surface area contributed by atoms with Crippen LogP contribution in [0.3, 0.4) is 0 Å². The fourth-order valence-electron chi connectivity index (χ4n) is 3.38. The monoisotopic (exact) mass is 379 g/mol. The SMILES string of the molecule is Clc1ccc(-c2cccnc2NC(c2ccccc2)C2CNCCO2)cc1. The summed E-state index contributed by atoms with van der Waals surface area (Å²) in [5.74, 6) is 0.836. The van der Waals surface area contributed by atoms with Gasteiger partial charge in [-0.05, 0) is 35.4 Å². The van der Waals surface area contributed by atoms with Crippen molar-refractivity contribution in [1.29, 1.82) is 0 Å². The first kappa shape index (κ1) is 18.0. The third-order valence-corrected chi connectivity index (χ3v) is 4.99. The van der Waals surface area contributed by atoms with Crippen LogP contribution in [0, 0.1) is 0 Å². The van der Waals surface area contributed by atoms with Crippen molar-refractivity contribution in [2.24, 2.45) is 0 Å². The van der Waals surface area contributed by atoms with Gasteiger partial charge in [0.2, 0.25) is 0 Å². The number of rotatable bonds is 5. The molecule has 2 heterocycles. The largest absolute Gasteiger partial charge is 0.373 e. The van der Waals surface area contributed by atoms with Gasteiger partial charge in [-0.25, -0.2) is 4.98 Å². The van der Waals surface area contributed by atoms with E-state index in [4.69, 9.17) is 16.3 Å². The van der Waals surface area contributed by atoms with Crippen molar-refractivity contribution >= 4 is 17.4 Å². The summed E-state index contributed by atoms with van der Waals surface area (Å²) in [5.41, 5.74) is 3.29. The highest BCUT2D eigenvalue weighted by atomic mass is 35.5. The van der Waals surface area contributed by atoms with Gasteiger partial charge < -0.3 is 15.4 Å². The molecule has 0 spiro atoms. The van der Waals surface area contributed by atoms with E-state index in [2.05, 4.69) is 45.9 Å². The summed E-state index contributed by atoms with van der Waals surface area (Å²) >= 11 is 6.05. The molecule has 27 heavy (non-hydrogen) atoms. The van der Waals surface area contributed by atoms with E-state index >= 15 is 0 Å². The second-order valence-corrected chi connectivity index (χ2v) is 6.99. The molecule has 2 atom stereocenters. The molecule has 1 aromatic heterocycles. The molecule has 2 aromatic carbocycles. The topological polar surface area (TPSA) is 46.2 Å². The Morgan fingerprint density at radius 3 is 2.59 bits per heavy atom. The summed E-state index contributed by atoms with van der Waals surface area (Å²) in [5, 5.41) is 7.78. The molecule has 0 aliphatic carbocycles. The Balaban J connectivity index is 1.68. The number of hydrogen-bond donors (Lipinski definition) is 2. The minimum atomic E-state index is -0.0000461. The van der Waals surface area contributed by atoms with Crippen LogP contribution in [0.1, 0.15) is 11.6 Å². The number of nitrogens with zero attached hydrogens (tertiary/aromatic N) is 1. The molecule has 1 aliphatic heterocycles. The second kappa shape index (κ2) is 8.53. The van der Waals surface area contributed by atoms with Crippen LogP contribution in [0.2, 0.25) is 5.02 Å². The van der Waals surface area contributed by atoms with Crippen molar-refractivity contribution in [3.8, 4) is 11.1 Å². The fourth-order valence-corrected chi connectivity index (χ4v) is 3.51. The van der Waals surface area contributed by atoms with Crippen LogP contribution < -0.4 is 10.6 Å². The molecule has 3 aromatic rings. The summed E-state index contributed by atoms with van der Waals surface area (Å²) in [4.78, 5) is 4.62. The zero-order valence-corrected chi connectivity index (χ0v) is 15.7. The van der Waals surface area contributed by atoms with E-state index in [1.54, 1.807) is 0 Å². The van der Waals surface area contributed by atoms with Crippen LogP contribution in [0.25, 0.3) is 11.1 Å². The van der Waals surface area contributed by atoms with Crippen molar-refractivity contribution in [2.75, 3.05) is 25.0 Å². The highest BCUT2D eigenvalue weighted by Crippen LogP contribution is 2.31. The quantitative estimate of drug-likeness (QED) is 0.683. The number of anilines is 1. The molecule has 4 rings (SSSR count). The van der Waals surface area contributed by atoms with Crippen LogP contribution in [-0.4, -0.2) is 30.8 Å². The lowest BCUT2D eigenvalue weighted by molar-refractivity contribution is 0.0164. The maximum absolute atomic E-state index is 6.06. The summed E-state index contributed by atoms with van der Waals surface area (Å²) < 4.78 is 6.06. The summed E-state index contributed by atoms with van der Waals surface area (Å²) in [6.07, 6.45) is 1.84. The highest BCUT2D eigenvalue weighted by Gasteiger charge is 2.27. The Morgan fingerprint density at radius 1 is 1.04 bits per heavy atom. The van der Waals surface area contributed by atoms with Crippen molar-refractivity contribution < 1.29 is 4.74 Å². The first-order valence-corrected chi connectivity index (χ1v) is 9.54. The van der Waals surface area contributed by atoms with Crippen LogP contribution in [-0.2, 0) is 4.74 Å². The van der Waals surface area contributed by atoms with E-state index in [-0.39, 0.29) is 12.1 Å². The number of hydrogen-bond acceptors (Lipinski definition) is 4. The molecule has 0 radical (unpaired) electrons. The first-order valence-electron chi connectivity index (χ1n) is 9.16. The number of halogens is 1. The summed E-state index contributed by atoms with van der Waals surface area (Å²) in [6.45, 7) is 2.40. The van der Waals surface area contributed by atoms with E-state index in [9.17, 15) is 0 Å². The highest BCUT2D eigenvalue weighted by molar-refractivity contribution is 6.30. The zero-order valence-electron chi connectivity index (χ0n) is 14.9. The number of morpholine rings is 1. The molecule has 4 nitrogen and oxygen atoms in total. The minimum absolute atomic E-state index is 0.0000461. The Kier molecular flexibility index (Phi) is 5.68. The van der Waals surface area contributed by atoms with Gasteiger partial charge in [-0.2, -0.15) is 0 Å². The lowest BCUT2D eigenvalue weighted by Crippen LogP contribution is -2.44. The molecule has 1 fully saturated rings. The van der Waals surface area contributed by atoms with Gasteiger partial charge in [0.15, 0.2) is 0 Å². The molecule has 0 saturated carbocycles. The Labute approximate surface area is 164 Å². The van der Waals surface area contributed by atoms with Gasteiger partial charge in [-0.15, -0.1) is 0 Å². The Hall–Kier alpha value is -2.40. The number of aromatic nitrogens is 1. The van der Waals surface area contributed by atoms with Gasteiger partial charge >= 0.3 is 0 Å². The molecule has 1 aliphatic rings. The molecule has 1 saturated heterocycles. The molecule has 0 amide bonds. The average Bonchev–Trinajstić information content (AvgIpc) is 2.74. The van der Waals surface area contributed by atoms with Crippen molar-refractivity contribution in [3.05, 3.63) is 83.5 Å². The normalized spacial score (nSPS) is 18.0. The molecular weight excluding hydrogens is 358 g/mol. The van der Waals surface area contributed by atoms with Crippen molar-refractivity contribution in [1.82, 2.24) is 10.3 Å². The second-order valence-electron chi connectivity index (χ2n) is 6.55. The first-order chi connectivity index (χ1) is 13.3. The Bertz CT molecular complexity index is 864. The van der Waals surface area contributed by atoms with Gasteiger partial charge in [0.05, 0.1) is 18.8 Å².